The van der Waals surface area contributed by atoms with Gasteiger partial charge in [0, 0.05) is 17.9 Å². The Morgan fingerprint density at radius 3 is 2.78 bits per heavy atom. The predicted octanol–water partition coefficient (Wildman–Crippen LogP) is 2.44. The molecule has 7 heteroatoms. The largest absolute Gasteiger partial charge is 0.352 e. The highest BCUT2D eigenvalue weighted by atomic mass is 32.2. The number of hydrogen-bond acceptors (Lipinski definition) is 5. The lowest BCUT2D eigenvalue weighted by atomic mass is 10.0. The second-order valence-electron chi connectivity index (χ2n) is 6.50. The molecule has 2 heterocycles. The van der Waals surface area contributed by atoms with Gasteiger partial charge in [0.1, 0.15) is 6.04 Å². The van der Waals surface area contributed by atoms with Gasteiger partial charge >= 0.3 is 0 Å². The highest BCUT2D eigenvalue weighted by Gasteiger charge is 2.36. The molecule has 1 aromatic rings. The summed E-state index contributed by atoms with van der Waals surface area (Å²) in [6.07, 6.45) is 2.01. The summed E-state index contributed by atoms with van der Waals surface area (Å²) >= 11 is 1.58. The molecule has 0 aliphatic carbocycles. The number of thioether (sulfide) groups is 1. The van der Waals surface area contributed by atoms with Crippen LogP contribution in [0.15, 0.2) is 10.6 Å². The Labute approximate surface area is 141 Å². The molecule has 1 aromatic heterocycles. The van der Waals surface area contributed by atoms with Crippen LogP contribution in [0.5, 0.6) is 0 Å². The van der Waals surface area contributed by atoms with Crippen molar-refractivity contribution in [2.45, 2.75) is 52.6 Å². The molecule has 1 saturated heterocycles. The number of nitrogens with one attached hydrogen (secondary N) is 1. The summed E-state index contributed by atoms with van der Waals surface area (Å²) in [5.41, 5.74) is 0.656. The molecular weight excluding hydrogens is 314 g/mol. The maximum Gasteiger partial charge on any atom is 0.293 e. The van der Waals surface area contributed by atoms with E-state index in [4.69, 9.17) is 4.52 Å². The van der Waals surface area contributed by atoms with Gasteiger partial charge in [-0.2, -0.15) is 0 Å². The van der Waals surface area contributed by atoms with Gasteiger partial charge in [-0.15, -0.1) is 11.8 Å². The monoisotopic (exact) mass is 339 g/mol. The van der Waals surface area contributed by atoms with Crippen molar-refractivity contribution in [2.75, 3.05) is 11.6 Å². The van der Waals surface area contributed by atoms with Crippen molar-refractivity contribution >= 4 is 23.6 Å². The summed E-state index contributed by atoms with van der Waals surface area (Å²) in [7, 11) is 0. The van der Waals surface area contributed by atoms with Crippen LogP contribution in [0.2, 0.25) is 0 Å². The molecule has 2 amide bonds. The maximum absolute atomic E-state index is 12.5. The molecule has 23 heavy (non-hydrogen) atoms. The third-order valence-corrected chi connectivity index (χ3v) is 4.86. The van der Waals surface area contributed by atoms with Crippen LogP contribution in [0.3, 0.4) is 0 Å². The first-order valence-electron chi connectivity index (χ1n) is 8.01. The average Bonchev–Trinajstić information content (AvgIpc) is 3.13. The first kappa shape index (κ1) is 17.8. The quantitative estimate of drug-likeness (QED) is 0.861. The van der Waals surface area contributed by atoms with Crippen LogP contribution in [0, 0.1) is 12.8 Å². The number of amides is 2. The fourth-order valence-electron chi connectivity index (χ4n) is 2.46. The van der Waals surface area contributed by atoms with Crippen LogP contribution in [-0.2, 0) is 4.79 Å². The van der Waals surface area contributed by atoms with Crippen LogP contribution >= 0.6 is 11.8 Å². The van der Waals surface area contributed by atoms with E-state index in [0.717, 1.165) is 12.8 Å². The van der Waals surface area contributed by atoms with E-state index in [2.05, 4.69) is 24.3 Å². The number of aromatic nitrogens is 1. The van der Waals surface area contributed by atoms with E-state index in [1.807, 2.05) is 6.92 Å². The van der Waals surface area contributed by atoms with Crippen molar-refractivity contribution in [3.05, 3.63) is 17.5 Å². The lowest BCUT2D eigenvalue weighted by Gasteiger charge is -2.24. The molecule has 2 atom stereocenters. The second-order valence-corrected chi connectivity index (χ2v) is 7.50. The number of hydrogen-bond donors (Lipinski definition) is 1. The standard InChI is InChI=1S/C16H25N3O3S/c1-10(2)5-6-11(3)17-15(20)13-8-23-9-19(13)16(21)14-7-12(4)18-22-14/h7,10-11,13H,5-6,8-9H2,1-4H3,(H,17,20). The third-order valence-electron chi connectivity index (χ3n) is 3.85. The summed E-state index contributed by atoms with van der Waals surface area (Å²) in [6.45, 7) is 8.11. The van der Waals surface area contributed by atoms with Crippen LogP contribution in [0.1, 0.15) is 49.9 Å². The van der Waals surface area contributed by atoms with E-state index in [1.165, 1.54) is 0 Å². The molecule has 0 aromatic carbocycles. The van der Waals surface area contributed by atoms with Crippen LogP contribution in [0.25, 0.3) is 0 Å². The van der Waals surface area contributed by atoms with Crippen LogP contribution < -0.4 is 5.32 Å². The van der Waals surface area contributed by atoms with Gasteiger partial charge < -0.3 is 14.7 Å². The van der Waals surface area contributed by atoms with E-state index in [1.54, 1.807) is 29.7 Å². The molecule has 2 rings (SSSR count). The number of aryl methyl sites for hydroxylation is 1. The minimum Gasteiger partial charge on any atom is -0.352 e. The molecular formula is C16H25N3O3S. The Balaban J connectivity index is 1.95. The van der Waals surface area contributed by atoms with Crippen molar-refractivity contribution in [3.8, 4) is 0 Å². The van der Waals surface area contributed by atoms with E-state index >= 15 is 0 Å². The Bertz CT molecular complexity index is 559. The fraction of sp³-hybridized carbons (Fsp3) is 0.688. The van der Waals surface area contributed by atoms with E-state index in [-0.39, 0.29) is 23.6 Å². The number of nitrogens with zero attached hydrogens (tertiary/aromatic N) is 2. The molecule has 128 valence electrons. The van der Waals surface area contributed by atoms with Crippen molar-refractivity contribution in [1.82, 2.24) is 15.4 Å². The average molecular weight is 339 g/mol. The molecule has 0 spiro atoms. The lowest BCUT2D eigenvalue weighted by molar-refractivity contribution is -0.125. The SMILES string of the molecule is Cc1cc(C(=O)N2CSCC2C(=O)NC(C)CCC(C)C)on1. The van der Waals surface area contributed by atoms with Crippen LogP contribution in [0.4, 0.5) is 0 Å². The smallest absolute Gasteiger partial charge is 0.293 e. The van der Waals surface area contributed by atoms with Crippen molar-refractivity contribution in [1.29, 1.82) is 0 Å². The van der Waals surface area contributed by atoms with Gasteiger partial charge in [0.2, 0.25) is 11.7 Å². The highest BCUT2D eigenvalue weighted by Crippen LogP contribution is 2.24. The number of rotatable bonds is 6. The summed E-state index contributed by atoms with van der Waals surface area (Å²) in [5.74, 6) is 1.56. The molecule has 6 nitrogen and oxygen atoms in total. The van der Waals surface area contributed by atoms with Gasteiger partial charge in [0.05, 0.1) is 11.6 Å². The van der Waals surface area contributed by atoms with Gasteiger partial charge in [-0.25, -0.2) is 0 Å². The molecule has 1 aliphatic heterocycles. The molecule has 1 fully saturated rings. The summed E-state index contributed by atoms with van der Waals surface area (Å²) in [4.78, 5) is 26.5. The van der Waals surface area contributed by atoms with Gasteiger partial charge in [-0.1, -0.05) is 19.0 Å². The third kappa shape index (κ3) is 4.73. The first-order chi connectivity index (χ1) is 10.9. The molecule has 0 saturated carbocycles. The number of carbonyl (C=O) groups is 2. The van der Waals surface area contributed by atoms with Crippen LogP contribution in [-0.4, -0.2) is 45.6 Å². The lowest BCUT2D eigenvalue weighted by Crippen LogP contribution is -2.49. The van der Waals surface area contributed by atoms with Crippen molar-refractivity contribution < 1.29 is 14.1 Å². The first-order valence-corrected chi connectivity index (χ1v) is 9.16. The zero-order valence-corrected chi connectivity index (χ0v) is 15.0. The minimum absolute atomic E-state index is 0.0872. The normalized spacial score (nSPS) is 19.2. The zero-order chi connectivity index (χ0) is 17.0. The Morgan fingerprint density at radius 2 is 2.17 bits per heavy atom. The second kappa shape index (κ2) is 7.86. The molecule has 1 aliphatic rings. The molecule has 2 unspecified atom stereocenters. The van der Waals surface area contributed by atoms with Gasteiger partial charge in [0.15, 0.2) is 0 Å². The highest BCUT2D eigenvalue weighted by molar-refractivity contribution is 7.99. The Morgan fingerprint density at radius 1 is 1.43 bits per heavy atom. The Kier molecular flexibility index (Phi) is 6.10. The predicted molar refractivity (Wildman–Crippen MR) is 90.2 cm³/mol. The van der Waals surface area contributed by atoms with Gasteiger partial charge in [-0.3, -0.25) is 9.59 Å². The van der Waals surface area contributed by atoms with E-state index in [9.17, 15) is 9.59 Å². The van der Waals surface area contributed by atoms with E-state index in [0.29, 0.717) is 23.2 Å². The molecule has 1 N–H and O–H groups in total. The van der Waals surface area contributed by atoms with E-state index < -0.39 is 6.04 Å². The van der Waals surface area contributed by atoms with Gasteiger partial charge in [0.25, 0.3) is 5.91 Å². The zero-order valence-electron chi connectivity index (χ0n) is 14.2. The number of carbonyl (C=O) groups excluding carboxylic acids is 2. The Hall–Kier alpha value is -1.50. The molecule has 0 bridgehead atoms. The van der Waals surface area contributed by atoms with Crippen molar-refractivity contribution in [2.24, 2.45) is 5.92 Å². The summed E-state index contributed by atoms with van der Waals surface area (Å²) in [5, 5.41) is 6.76. The summed E-state index contributed by atoms with van der Waals surface area (Å²) in [6, 6.07) is 1.27. The topological polar surface area (TPSA) is 75.4 Å². The minimum atomic E-state index is -0.445. The van der Waals surface area contributed by atoms with Gasteiger partial charge in [-0.05, 0) is 32.6 Å². The fourth-order valence-corrected chi connectivity index (χ4v) is 3.61. The summed E-state index contributed by atoms with van der Waals surface area (Å²) < 4.78 is 5.03. The molecule has 0 radical (unpaired) electrons. The van der Waals surface area contributed by atoms with Crippen molar-refractivity contribution in [3.63, 3.8) is 0 Å². The maximum atomic E-state index is 12.5.